The summed E-state index contributed by atoms with van der Waals surface area (Å²) in [7, 11) is 0. The van der Waals surface area contributed by atoms with Crippen molar-refractivity contribution in [1.29, 1.82) is 0 Å². The Hall–Kier alpha value is -2.08. The molecule has 18 heavy (non-hydrogen) atoms. The van der Waals surface area contributed by atoms with Crippen LogP contribution in [0.5, 0.6) is 11.5 Å². The Kier molecular flexibility index (Phi) is 2.64. The third kappa shape index (κ3) is 1.91. The highest BCUT2D eigenvalue weighted by Gasteiger charge is 2.19. The Morgan fingerprint density at radius 1 is 1.50 bits per heavy atom. The number of H-pyrrole nitrogens is 1. The molecule has 1 unspecified atom stereocenters. The molecule has 0 saturated carbocycles. The van der Waals surface area contributed by atoms with E-state index in [4.69, 9.17) is 9.47 Å². The van der Waals surface area contributed by atoms with E-state index in [0.29, 0.717) is 29.9 Å². The molecule has 2 N–H and O–H groups in total. The number of benzene rings is 1. The van der Waals surface area contributed by atoms with Crippen LogP contribution in [0.3, 0.4) is 0 Å². The lowest BCUT2D eigenvalue weighted by Gasteiger charge is -2.13. The van der Waals surface area contributed by atoms with E-state index >= 15 is 0 Å². The molecule has 1 aliphatic heterocycles. The first-order chi connectivity index (χ1) is 8.74. The van der Waals surface area contributed by atoms with Crippen LogP contribution in [0.25, 0.3) is 10.9 Å². The first-order valence-electron chi connectivity index (χ1n) is 5.69. The van der Waals surface area contributed by atoms with Crippen molar-refractivity contribution in [1.82, 2.24) is 9.97 Å². The van der Waals surface area contributed by atoms with Crippen molar-refractivity contribution >= 4 is 10.9 Å². The third-order valence-electron chi connectivity index (χ3n) is 2.90. The predicted molar refractivity (Wildman–Crippen MR) is 63.9 cm³/mol. The molecule has 6 heteroatoms. The van der Waals surface area contributed by atoms with Crippen LogP contribution in [0.2, 0.25) is 0 Å². The maximum Gasteiger partial charge on any atom is 0.258 e. The Balaban J connectivity index is 2.02. The molecule has 0 spiro atoms. The van der Waals surface area contributed by atoms with Gasteiger partial charge in [-0.05, 0) is 6.07 Å². The molecule has 1 saturated heterocycles. The number of phenols is 1. The predicted octanol–water partition coefficient (Wildman–Crippen LogP) is 0.796. The summed E-state index contributed by atoms with van der Waals surface area (Å²) in [4.78, 5) is 18.0. The molecule has 3 rings (SSSR count). The molecule has 0 bridgehead atoms. The van der Waals surface area contributed by atoms with Gasteiger partial charge in [-0.1, -0.05) is 0 Å². The molecule has 1 fully saturated rings. The number of fused-ring (bicyclic) bond motifs is 1. The number of hydrogen-bond donors (Lipinski definition) is 2. The van der Waals surface area contributed by atoms with Crippen molar-refractivity contribution in [3.63, 3.8) is 0 Å². The second-order valence-corrected chi connectivity index (χ2v) is 4.17. The molecule has 94 valence electrons. The normalized spacial score (nSPS) is 19.2. The van der Waals surface area contributed by atoms with Gasteiger partial charge < -0.3 is 19.6 Å². The molecule has 2 aromatic rings. The van der Waals surface area contributed by atoms with E-state index in [9.17, 15) is 9.90 Å². The van der Waals surface area contributed by atoms with Gasteiger partial charge >= 0.3 is 0 Å². The molecule has 0 aliphatic carbocycles. The summed E-state index contributed by atoms with van der Waals surface area (Å²) in [6.45, 7) is 1.18. The zero-order valence-electron chi connectivity index (χ0n) is 9.55. The van der Waals surface area contributed by atoms with Gasteiger partial charge in [-0.3, -0.25) is 4.79 Å². The van der Waals surface area contributed by atoms with Gasteiger partial charge in [0.1, 0.15) is 6.10 Å². The molecular formula is C12H12N2O4. The number of ether oxygens (including phenoxy) is 2. The molecule has 1 aromatic heterocycles. The van der Waals surface area contributed by atoms with Crippen molar-refractivity contribution in [3.05, 3.63) is 28.8 Å². The topological polar surface area (TPSA) is 84.4 Å². The fourth-order valence-electron chi connectivity index (χ4n) is 1.96. The van der Waals surface area contributed by atoms with Gasteiger partial charge in [0.2, 0.25) is 0 Å². The van der Waals surface area contributed by atoms with Crippen LogP contribution in [0.15, 0.2) is 23.3 Å². The van der Waals surface area contributed by atoms with Crippen molar-refractivity contribution in [2.45, 2.75) is 12.5 Å². The van der Waals surface area contributed by atoms with Crippen molar-refractivity contribution in [2.75, 3.05) is 13.2 Å². The molecule has 1 atom stereocenters. The van der Waals surface area contributed by atoms with E-state index < -0.39 is 0 Å². The minimum Gasteiger partial charge on any atom is -0.504 e. The van der Waals surface area contributed by atoms with E-state index in [-0.39, 0.29) is 17.4 Å². The van der Waals surface area contributed by atoms with Gasteiger partial charge in [0.25, 0.3) is 5.56 Å². The second kappa shape index (κ2) is 4.30. The summed E-state index contributed by atoms with van der Waals surface area (Å²) >= 11 is 0. The SMILES string of the molecule is O=c1[nH]cnc2cc(OC3CCOC3)c(O)cc12. The summed E-state index contributed by atoms with van der Waals surface area (Å²) < 4.78 is 10.8. The first kappa shape index (κ1) is 11.0. The van der Waals surface area contributed by atoms with E-state index in [1.807, 2.05) is 0 Å². The fourth-order valence-corrected chi connectivity index (χ4v) is 1.96. The average molecular weight is 248 g/mol. The number of hydrogen-bond acceptors (Lipinski definition) is 5. The number of aromatic hydroxyl groups is 1. The minimum atomic E-state index is -0.286. The second-order valence-electron chi connectivity index (χ2n) is 4.17. The van der Waals surface area contributed by atoms with Gasteiger partial charge in [-0.2, -0.15) is 0 Å². The van der Waals surface area contributed by atoms with Crippen LogP contribution in [-0.2, 0) is 4.74 Å². The third-order valence-corrected chi connectivity index (χ3v) is 2.90. The molecular weight excluding hydrogens is 236 g/mol. The lowest BCUT2D eigenvalue weighted by atomic mass is 10.2. The van der Waals surface area contributed by atoms with Crippen molar-refractivity contribution < 1.29 is 14.6 Å². The number of aromatic nitrogens is 2. The highest BCUT2D eigenvalue weighted by atomic mass is 16.5. The maximum absolute atomic E-state index is 11.5. The number of aromatic amines is 1. The van der Waals surface area contributed by atoms with Crippen molar-refractivity contribution in [2.24, 2.45) is 0 Å². The number of nitrogens with zero attached hydrogens (tertiary/aromatic N) is 1. The first-order valence-corrected chi connectivity index (χ1v) is 5.69. The Bertz CT molecular complexity index is 632. The zero-order chi connectivity index (χ0) is 12.5. The van der Waals surface area contributed by atoms with Crippen LogP contribution in [0, 0.1) is 0 Å². The molecule has 0 amide bonds. The fraction of sp³-hybridized carbons (Fsp3) is 0.333. The van der Waals surface area contributed by atoms with Crippen LogP contribution in [0.1, 0.15) is 6.42 Å². The van der Waals surface area contributed by atoms with Crippen LogP contribution in [-0.4, -0.2) is 34.4 Å². The molecule has 2 heterocycles. The Morgan fingerprint density at radius 3 is 3.17 bits per heavy atom. The summed E-state index contributed by atoms with van der Waals surface area (Å²) in [5.74, 6) is 0.268. The summed E-state index contributed by atoms with van der Waals surface area (Å²) in [6.07, 6.45) is 2.06. The smallest absolute Gasteiger partial charge is 0.258 e. The van der Waals surface area contributed by atoms with Gasteiger partial charge in [0, 0.05) is 12.5 Å². The van der Waals surface area contributed by atoms with Crippen LogP contribution < -0.4 is 10.3 Å². The van der Waals surface area contributed by atoms with Crippen molar-refractivity contribution in [3.8, 4) is 11.5 Å². The molecule has 6 nitrogen and oxygen atoms in total. The van der Waals surface area contributed by atoms with Gasteiger partial charge in [0.15, 0.2) is 11.5 Å². The Labute approximate surface area is 102 Å². The molecule has 1 aromatic carbocycles. The number of nitrogens with one attached hydrogen (secondary N) is 1. The lowest BCUT2D eigenvalue weighted by molar-refractivity contribution is 0.139. The largest absolute Gasteiger partial charge is 0.504 e. The molecule has 1 aliphatic rings. The zero-order valence-corrected chi connectivity index (χ0v) is 9.55. The highest BCUT2D eigenvalue weighted by Crippen LogP contribution is 2.30. The summed E-state index contributed by atoms with van der Waals surface area (Å²) in [5, 5.41) is 10.2. The minimum absolute atomic E-state index is 0.0599. The highest BCUT2D eigenvalue weighted by molar-refractivity contribution is 5.81. The van der Waals surface area contributed by atoms with Gasteiger partial charge in [0.05, 0.1) is 30.4 Å². The standard InChI is InChI=1S/C12H12N2O4/c15-10-3-8-9(13-6-14-12(8)16)4-11(10)18-7-1-2-17-5-7/h3-4,6-7,15H,1-2,5H2,(H,13,14,16). The quantitative estimate of drug-likeness (QED) is 0.821. The van der Waals surface area contributed by atoms with Crippen LogP contribution >= 0.6 is 0 Å². The average Bonchev–Trinajstić information content (AvgIpc) is 2.84. The maximum atomic E-state index is 11.5. The van der Waals surface area contributed by atoms with Gasteiger partial charge in [-0.25, -0.2) is 4.98 Å². The molecule has 0 radical (unpaired) electrons. The van der Waals surface area contributed by atoms with Crippen LogP contribution in [0.4, 0.5) is 0 Å². The summed E-state index contributed by atoms with van der Waals surface area (Å²) in [6, 6.07) is 2.94. The van der Waals surface area contributed by atoms with E-state index in [1.54, 1.807) is 6.07 Å². The Morgan fingerprint density at radius 2 is 2.39 bits per heavy atom. The monoisotopic (exact) mass is 248 g/mol. The lowest BCUT2D eigenvalue weighted by Crippen LogP contribution is -2.16. The van der Waals surface area contributed by atoms with E-state index in [2.05, 4.69) is 9.97 Å². The van der Waals surface area contributed by atoms with E-state index in [0.717, 1.165) is 6.42 Å². The summed E-state index contributed by atoms with van der Waals surface area (Å²) in [5.41, 5.74) is 0.205. The van der Waals surface area contributed by atoms with Gasteiger partial charge in [-0.15, -0.1) is 0 Å². The van der Waals surface area contributed by atoms with E-state index in [1.165, 1.54) is 12.4 Å². The number of rotatable bonds is 2. The number of phenolic OH excluding ortho intramolecular Hbond substituents is 1.